The lowest BCUT2D eigenvalue weighted by Crippen LogP contribution is -2.17. The van der Waals surface area contributed by atoms with E-state index in [4.69, 9.17) is 14.7 Å². The Morgan fingerprint density at radius 2 is 1.97 bits per heavy atom. The second-order valence-corrected chi connectivity index (χ2v) is 5.90. The third-order valence-corrected chi connectivity index (χ3v) is 4.03. The summed E-state index contributed by atoms with van der Waals surface area (Å²) in [4.78, 5) is 15.8. The van der Waals surface area contributed by atoms with E-state index in [1.807, 2.05) is 18.2 Å². The van der Waals surface area contributed by atoms with Crippen molar-refractivity contribution in [3.63, 3.8) is 0 Å². The predicted molar refractivity (Wildman–Crippen MR) is 108 cm³/mol. The summed E-state index contributed by atoms with van der Waals surface area (Å²) in [5.74, 6) is 0.730. The fraction of sp³-hybridized carbons (Fsp3) is 0.0909. The molecule has 0 aliphatic carbocycles. The number of carbonyl (C=O) groups excluding carboxylic acids is 1. The fourth-order valence-corrected chi connectivity index (χ4v) is 2.53. The van der Waals surface area contributed by atoms with Crippen molar-refractivity contribution in [2.24, 2.45) is 5.10 Å². The van der Waals surface area contributed by atoms with Crippen LogP contribution < -0.4 is 14.9 Å². The van der Waals surface area contributed by atoms with E-state index in [1.165, 1.54) is 25.7 Å². The highest BCUT2D eigenvalue weighted by Gasteiger charge is 2.08. The highest BCUT2D eigenvalue weighted by molar-refractivity contribution is 5.94. The number of aromatic nitrogens is 1. The molecule has 7 heteroatoms. The first kappa shape index (κ1) is 19.6. The summed E-state index contributed by atoms with van der Waals surface area (Å²) in [5.41, 5.74) is 5.01. The smallest absolute Gasteiger partial charge is 0.271 e. The highest BCUT2D eigenvalue weighted by Crippen LogP contribution is 2.28. The molecule has 0 spiro atoms. The molecule has 7 nitrogen and oxygen atoms in total. The highest BCUT2D eigenvalue weighted by atomic mass is 16.5. The van der Waals surface area contributed by atoms with Gasteiger partial charge in [-0.1, -0.05) is 18.2 Å². The van der Waals surface area contributed by atoms with E-state index in [1.54, 1.807) is 36.4 Å². The van der Waals surface area contributed by atoms with E-state index >= 15 is 0 Å². The number of carbonyl (C=O) groups is 1. The van der Waals surface area contributed by atoms with Gasteiger partial charge < -0.3 is 9.47 Å². The van der Waals surface area contributed by atoms with Gasteiger partial charge in [0.15, 0.2) is 11.5 Å². The molecule has 0 unspecified atom stereocenters. The Bertz CT molecular complexity index is 1060. The number of methoxy groups -OCH3 is 1. The number of hydrazone groups is 1. The maximum Gasteiger partial charge on any atom is 0.271 e. The monoisotopic (exact) mass is 386 g/mol. The molecule has 3 rings (SSSR count). The lowest BCUT2D eigenvalue weighted by molar-refractivity contribution is 0.0955. The molecule has 29 heavy (non-hydrogen) atoms. The third kappa shape index (κ3) is 5.17. The number of hydrogen-bond acceptors (Lipinski definition) is 6. The minimum Gasteiger partial charge on any atom is -0.493 e. The van der Waals surface area contributed by atoms with Crippen molar-refractivity contribution >= 4 is 12.1 Å². The normalized spacial score (nSPS) is 10.3. The number of nitrogens with zero attached hydrogens (tertiary/aromatic N) is 3. The quantitative estimate of drug-likeness (QED) is 0.496. The Labute approximate surface area is 168 Å². The number of nitrogens with one attached hydrogen (secondary N) is 1. The summed E-state index contributed by atoms with van der Waals surface area (Å²) in [6.45, 7) is 0.246. The zero-order chi connectivity index (χ0) is 20.5. The summed E-state index contributed by atoms with van der Waals surface area (Å²) >= 11 is 0. The van der Waals surface area contributed by atoms with Gasteiger partial charge in [-0.3, -0.25) is 9.78 Å². The molecule has 0 aliphatic heterocycles. The van der Waals surface area contributed by atoms with Crippen LogP contribution in [-0.2, 0) is 6.61 Å². The van der Waals surface area contributed by atoms with Crippen molar-refractivity contribution in [2.45, 2.75) is 6.61 Å². The second kappa shape index (κ2) is 9.67. The Morgan fingerprint density at radius 1 is 1.17 bits per heavy atom. The molecular formula is C22H18N4O3. The van der Waals surface area contributed by atoms with Gasteiger partial charge in [-0.15, -0.1) is 0 Å². The van der Waals surface area contributed by atoms with Crippen molar-refractivity contribution in [1.82, 2.24) is 10.4 Å². The fourth-order valence-electron chi connectivity index (χ4n) is 2.53. The van der Waals surface area contributed by atoms with Crippen LogP contribution in [0.15, 0.2) is 72.1 Å². The zero-order valence-corrected chi connectivity index (χ0v) is 15.7. The van der Waals surface area contributed by atoms with Gasteiger partial charge in [0.2, 0.25) is 0 Å². The van der Waals surface area contributed by atoms with E-state index in [2.05, 4.69) is 21.6 Å². The van der Waals surface area contributed by atoms with E-state index in [9.17, 15) is 4.79 Å². The van der Waals surface area contributed by atoms with Crippen molar-refractivity contribution in [2.75, 3.05) is 7.11 Å². The molecule has 1 heterocycles. The number of hydrogen-bond donors (Lipinski definition) is 1. The molecule has 0 saturated carbocycles. The van der Waals surface area contributed by atoms with Gasteiger partial charge in [-0.05, 0) is 42.0 Å². The number of ether oxygens (including phenoxy) is 2. The molecule has 0 fully saturated rings. The van der Waals surface area contributed by atoms with E-state index in [0.717, 1.165) is 11.1 Å². The first-order chi connectivity index (χ1) is 14.2. The molecule has 144 valence electrons. The summed E-state index contributed by atoms with van der Waals surface area (Å²) in [6.07, 6.45) is 4.59. The minimum atomic E-state index is -0.327. The van der Waals surface area contributed by atoms with Crippen LogP contribution >= 0.6 is 0 Å². The summed E-state index contributed by atoms with van der Waals surface area (Å²) < 4.78 is 11.2. The molecule has 2 aromatic carbocycles. The average Bonchev–Trinajstić information content (AvgIpc) is 2.78. The van der Waals surface area contributed by atoms with E-state index < -0.39 is 0 Å². The maximum absolute atomic E-state index is 12.0. The van der Waals surface area contributed by atoms with Crippen LogP contribution in [-0.4, -0.2) is 24.2 Å². The number of rotatable bonds is 7. The van der Waals surface area contributed by atoms with Crippen molar-refractivity contribution in [3.8, 4) is 17.6 Å². The van der Waals surface area contributed by atoms with Crippen molar-refractivity contribution in [1.29, 1.82) is 5.26 Å². The zero-order valence-electron chi connectivity index (χ0n) is 15.7. The van der Waals surface area contributed by atoms with Crippen LogP contribution in [0.1, 0.15) is 27.0 Å². The van der Waals surface area contributed by atoms with E-state index in [0.29, 0.717) is 22.6 Å². The summed E-state index contributed by atoms with van der Waals surface area (Å²) in [7, 11) is 1.54. The van der Waals surface area contributed by atoms with Crippen molar-refractivity contribution < 1.29 is 14.3 Å². The Morgan fingerprint density at radius 3 is 2.72 bits per heavy atom. The molecule has 0 atom stereocenters. The Hall–Kier alpha value is -4.18. The molecular weight excluding hydrogens is 368 g/mol. The molecule has 0 aliphatic rings. The van der Waals surface area contributed by atoms with Gasteiger partial charge >= 0.3 is 0 Å². The van der Waals surface area contributed by atoms with Crippen LogP contribution in [0.2, 0.25) is 0 Å². The standard InChI is InChI=1S/C22H18N4O3/c1-28-21-12-16(14-25-26-22(27)17-8-10-24-11-9-17)6-7-20(21)29-15-19-5-3-2-4-18(19)13-23/h2-12,14H,15H2,1H3,(H,26,27). The topological polar surface area (TPSA) is 96.6 Å². The molecule has 0 saturated heterocycles. The Kier molecular flexibility index (Phi) is 6.53. The average molecular weight is 386 g/mol. The third-order valence-electron chi connectivity index (χ3n) is 4.03. The van der Waals surface area contributed by atoms with Gasteiger partial charge in [0.05, 0.1) is 25.0 Å². The molecule has 1 N–H and O–H groups in total. The predicted octanol–water partition coefficient (Wildman–Crippen LogP) is 3.30. The van der Waals surface area contributed by atoms with Gasteiger partial charge in [-0.2, -0.15) is 10.4 Å². The van der Waals surface area contributed by atoms with Gasteiger partial charge in [0.25, 0.3) is 5.91 Å². The molecule has 1 aromatic heterocycles. The SMILES string of the molecule is COc1cc(C=NNC(=O)c2ccncc2)ccc1OCc1ccccc1C#N. The van der Waals surface area contributed by atoms with Crippen LogP contribution in [0, 0.1) is 11.3 Å². The number of benzene rings is 2. The lowest BCUT2D eigenvalue weighted by Gasteiger charge is -2.12. The first-order valence-corrected chi connectivity index (χ1v) is 8.73. The van der Waals surface area contributed by atoms with Crippen LogP contribution in [0.3, 0.4) is 0 Å². The number of nitriles is 1. The van der Waals surface area contributed by atoms with Crippen molar-refractivity contribution in [3.05, 3.63) is 89.2 Å². The van der Waals surface area contributed by atoms with Crippen LogP contribution in [0.4, 0.5) is 0 Å². The summed E-state index contributed by atoms with van der Waals surface area (Å²) in [5, 5.41) is 13.1. The Balaban J connectivity index is 1.65. The lowest BCUT2D eigenvalue weighted by atomic mass is 10.1. The van der Waals surface area contributed by atoms with Crippen LogP contribution in [0.5, 0.6) is 11.5 Å². The maximum atomic E-state index is 12.0. The van der Waals surface area contributed by atoms with Crippen LogP contribution in [0.25, 0.3) is 0 Å². The molecule has 0 radical (unpaired) electrons. The molecule has 1 amide bonds. The van der Waals surface area contributed by atoms with E-state index in [-0.39, 0.29) is 12.5 Å². The summed E-state index contributed by atoms with van der Waals surface area (Å²) in [6, 6.07) is 17.9. The van der Waals surface area contributed by atoms with Gasteiger partial charge in [-0.25, -0.2) is 5.43 Å². The molecule has 0 bridgehead atoms. The minimum absolute atomic E-state index is 0.246. The second-order valence-electron chi connectivity index (χ2n) is 5.90. The van der Waals surface area contributed by atoms with Gasteiger partial charge in [0.1, 0.15) is 6.61 Å². The molecule has 3 aromatic rings. The number of pyridine rings is 1. The number of amides is 1. The first-order valence-electron chi connectivity index (χ1n) is 8.73. The van der Waals surface area contributed by atoms with Gasteiger partial charge in [0, 0.05) is 23.5 Å². The largest absolute Gasteiger partial charge is 0.493 e.